The summed E-state index contributed by atoms with van der Waals surface area (Å²) in [6.45, 7) is 0.323. The normalized spacial score (nSPS) is 36.0. The maximum absolute atomic E-state index is 12.3. The fourth-order valence-corrected chi connectivity index (χ4v) is 7.43. The van der Waals surface area contributed by atoms with Crippen molar-refractivity contribution in [1.82, 2.24) is 5.32 Å². The predicted molar refractivity (Wildman–Crippen MR) is 202 cm³/mol. The van der Waals surface area contributed by atoms with Crippen LogP contribution in [0.3, 0.4) is 0 Å². The van der Waals surface area contributed by atoms with E-state index in [4.69, 9.17) is 28.4 Å². The van der Waals surface area contributed by atoms with Crippen LogP contribution in [0.2, 0.25) is 0 Å². The Kier molecular flexibility index (Phi) is 24.3. The summed E-state index contributed by atoms with van der Waals surface area (Å²) < 4.78 is 33.4. The lowest BCUT2D eigenvalue weighted by Crippen LogP contribution is -2.66. The molecule has 0 bridgehead atoms. The number of hydrogen-bond donors (Lipinski definition) is 11. The first-order valence-electron chi connectivity index (χ1n) is 21.2. The van der Waals surface area contributed by atoms with Gasteiger partial charge in [-0.1, -0.05) is 96.8 Å². The minimum atomic E-state index is -1.92. The zero-order chi connectivity index (χ0) is 41.7. The van der Waals surface area contributed by atoms with E-state index < -0.39 is 112 Å². The fourth-order valence-electron chi connectivity index (χ4n) is 7.43. The van der Waals surface area contributed by atoms with Crippen molar-refractivity contribution in [3.63, 3.8) is 0 Å². The van der Waals surface area contributed by atoms with Gasteiger partial charge in [0.25, 0.3) is 0 Å². The molecule has 3 saturated heterocycles. The number of carbonyl (C=O) groups is 1. The molecule has 0 radical (unpaired) electrons. The number of carbonyl (C=O) groups excluding carboxylic acids is 1. The van der Waals surface area contributed by atoms with Gasteiger partial charge in [0, 0.05) is 13.0 Å². The second-order valence-electron chi connectivity index (χ2n) is 15.6. The van der Waals surface area contributed by atoms with Gasteiger partial charge in [0.05, 0.1) is 26.4 Å². The van der Waals surface area contributed by atoms with Crippen LogP contribution in [0.4, 0.5) is 0 Å². The number of rotatable bonds is 28. The Bertz CT molecular complexity index is 1060. The molecule has 1 amide bonds. The third kappa shape index (κ3) is 16.0. The first-order valence-corrected chi connectivity index (χ1v) is 21.2. The molecule has 9 unspecified atom stereocenters. The number of ether oxygens (including phenoxy) is 6. The molecule has 0 aromatic rings. The van der Waals surface area contributed by atoms with Gasteiger partial charge in [-0.15, -0.1) is 0 Å². The summed E-state index contributed by atoms with van der Waals surface area (Å²) in [4.78, 5) is 12.3. The molecule has 0 spiro atoms. The number of aliphatic hydroxyl groups excluding tert-OH is 10. The summed E-state index contributed by atoms with van der Waals surface area (Å²) >= 11 is 0. The number of hydrogen-bond acceptors (Lipinski definition) is 17. The molecule has 3 fully saturated rings. The van der Waals surface area contributed by atoms with Gasteiger partial charge >= 0.3 is 0 Å². The largest absolute Gasteiger partial charge is 0.394 e. The van der Waals surface area contributed by atoms with E-state index in [1.165, 1.54) is 77.0 Å². The van der Waals surface area contributed by atoms with Crippen LogP contribution in [0.1, 0.15) is 116 Å². The van der Waals surface area contributed by atoms with Gasteiger partial charge < -0.3 is 84.8 Å². The zero-order valence-corrected chi connectivity index (χ0v) is 33.5. The smallest absolute Gasteiger partial charge is 0.219 e. The van der Waals surface area contributed by atoms with Crippen molar-refractivity contribution in [1.29, 1.82) is 0 Å². The molecule has 0 saturated carbocycles. The van der Waals surface area contributed by atoms with Crippen LogP contribution < -0.4 is 5.32 Å². The summed E-state index contributed by atoms with van der Waals surface area (Å²) in [6.07, 6.45) is -4.95. The van der Waals surface area contributed by atoms with Crippen LogP contribution in [0.15, 0.2) is 0 Å². The van der Waals surface area contributed by atoms with Crippen LogP contribution in [0.25, 0.3) is 0 Å². The molecular formula is C39H73NO17. The van der Waals surface area contributed by atoms with Gasteiger partial charge in [-0.05, 0) is 12.8 Å². The second kappa shape index (κ2) is 27.6. The van der Waals surface area contributed by atoms with E-state index in [1.807, 2.05) is 0 Å². The van der Waals surface area contributed by atoms with Crippen molar-refractivity contribution < 1.29 is 84.3 Å². The zero-order valence-electron chi connectivity index (χ0n) is 33.5. The lowest BCUT2D eigenvalue weighted by Gasteiger charge is -2.48. The van der Waals surface area contributed by atoms with E-state index in [-0.39, 0.29) is 12.5 Å². The lowest BCUT2D eigenvalue weighted by atomic mass is 9.96. The molecule has 18 nitrogen and oxygen atoms in total. The molecule has 3 aliphatic heterocycles. The quantitative estimate of drug-likeness (QED) is 0.0432. The first-order chi connectivity index (χ1) is 27.5. The highest BCUT2D eigenvalue weighted by Crippen LogP contribution is 2.32. The Balaban J connectivity index is 1.31. The number of nitrogens with one attached hydrogen (secondary N) is 1. The molecule has 3 rings (SSSR count). The predicted octanol–water partition coefficient (Wildman–Crippen LogP) is -0.781. The molecule has 3 heterocycles. The van der Waals surface area contributed by atoms with Crippen molar-refractivity contribution >= 4 is 5.91 Å². The van der Waals surface area contributed by atoms with E-state index in [0.29, 0.717) is 19.4 Å². The summed E-state index contributed by atoms with van der Waals surface area (Å²) in [5, 5.41) is 106. The molecule has 0 aromatic carbocycles. The van der Waals surface area contributed by atoms with E-state index >= 15 is 0 Å². The highest BCUT2D eigenvalue weighted by atomic mass is 16.8. The minimum absolute atomic E-state index is 0.0437. The monoisotopic (exact) mass is 827 g/mol. The number of aliphatic hydroxyl groups is 10. The van der Waals surface area contributed by atoms with Crippen LogP contribution in [0, 0.1) is 0 Å². The molecule has 336 valence electrons. The molecule has 18 heteroatoms. The van der Waals surface area contributed by atoms with Gasteiger partial charge in [0.1, 0.15) is 73.2 Å². The van der Waals surface area contributed by atoms with Crippen molar-refractivity contribution in [2.24, 2.45) is 0 Å². The van der Waals surface area contributed by atoms with E-state index in [0.717, 1.165) is 19.3 Å². The van der Waals surface area contributed by atoms with E-state index in [9.17, 15) is 55.9 Å². The third-order valence-corrected chi connectivity index (χ3v) is 11.0. The van der Waals surface area contributed by atoms with Crippen molar-refractivity contribution in [2.75, 3.05) is 33.0 Å². The average molecular weight is 828 g/mol. The number of amides is 1. The van der Waals surface area contributed by atoms with Crippen molar-refractivity contribution in [3.05, 3.63) is 0 Å². The number of unbranched alkanes of at least 4 members (excludes halogenated alkanes) is 14. The summed E-state index contributed by atoms with van der Waals surface area (Å²) in [7, 11) is 0. The standard InChI is InChI=1S/C39H73NO17/c1-2-3-4-5-6-7-8-9-10-11-12-13-14-15-16-18-27(44)40-19-17-20-52-37-33(50)30(47)35(25(22-42)54-37)57-39-34(51)31(48)36(26(23-43)55-39)56-38-32(49)29(46)28(45)24(21-41)53-38/h24-26,28-39,41-43,45-51H,2-23H2,1H3,(H,40,44)/t24?,25?,26?,28-,29?,30?,31?,32?,33?,34?,35-,36-,37-,38-,39-/m1/s1. The first kappa shape index (κ1) is 50.2. The maximum atomic E-state index is 12.3. The SMILES string of the molecule is CCCCCCCCCCCCCCCCCC(=O)NCCCO[C@@H]1OC(CO)[C@@H](O[C@H]2OC(CO)[C@@H](O[C@H]3OC(CO)[C@@H](O)C(O)C3O)C(O)C2O)C(O)C1O. The van der Waals surface area contributed by atoms with Crippen LogP contribution in [-0.4, -0.2) is 182 Å². The molecule has 0 aliphatic carbocycles. The third-order valence-electron chi connectivity index (χ3n) is 11.0. The van der Waals surface area contributed by atoms with Crippen LogP contribution in [-0.2, 0) is 33.2 Å². The summed E-state index contributed by atoms with van der Waals surface area (Å²) in [6, 6.07) is 0. The average Bonchev–Trinajstić information content (AvgIpc) is 3.21. The van der Waals surface area contributed by atoms with Gasteiger partial charge in [-0.2, -0.15) is 0 Å². The van der Waals surface area contributed by atoms with Gasteiger partial charge in [-0.3, -0.25) is 4.79 Å². The molecule has 3 aliphatic rings. The lowest BCUT2D eigenvalue weighted by molar-refractivity contribution is -0.379. The van der Waals surface area contributed by atoms with Gasteiger partial charge in [0.15, 0.2) is 18.9 Å². The topological polar surface area (TPSA) is 287 Å². The Morgan fingerprint density at radius 2 is 0.895 bits per heavy atom. The van der Waals surface area contributed by atoms with E-state index in [1.54, 1.807) is 0 Å². The van der Waals surface area contributed by atoms with E-state index in [2.05, 4.69) is 12.2 Å². The Morgan fingerprint density at radius 1 is 0.491 bits per heavy atom. The maximum Gasteiger partial charge on any atom is 0.219 e. The van der Waals surface area contributed by atoms with Crippen LogP contribution >= 0.6 is 0 Å². The fraction of sp³-hybridized carbons (Fsp3) is 0.974. The summed E-state index contributed by atoms with van der Waals surface area (Å²) in [5.41, 5.74) is 0. The molecule has 11 N–H and O–H groups in total. The highest BCUT2D eigenvalue weighted by molar-refractivity contribution is 5.75. The summed E-state index contributed by atoms with van der Waals surface area (Å²) in [5.74, 6) is -0.0538. The Hall–Kier alpha value is -1.17. The highest BCUT2D eigenvalue weighted by Gasteiger charge is 2.53. The van der Waals surface area contributed by atoms with Crippen molar-refractivity contribution in [2.45, 2.75) is 208 Å². The van der Waals surface area contributed by atoms with Gasteiger partial charge in [0.2, 0.25) is 5.91 Å². The van der Waals surface area contributed by atoms with Crippen LogP contribution in [0.5, 0.6) is 0 Å². The van der Waals surface area contributed by atoms with Crippen molar-refractivity contribution in [3.8, 4) is 0 Å². The Morgan fingerprint density at radius 3 is 1.37 bits per heavy atom. The molecule has 15 atom stereocenters. The van der Waals surface area contributed by atoms with Gasteiger partial charge in [-0.25, -0.2) is 0 Å². The molecular weight excluding hydrogens is 754 g/mol. The Labute approximate surface area is 336 Å². The minimum Gasteiger partial charge on any atom is -0.394 e. The molecule has 57 heavy (non-hydrogen) atoms. The molecule has 0 aromatic heterocycles. The second-order valence-corrected chi connectivity index (χ2v) is 15.6.